The number of nitrogens with zero attached hydrogens (tertiary/aromatic N) is 2. The zero-order valence-electron chi connectivity index (χ0n) is 15.4. The van der Waals surface area contributed by atoms with E-state index in [4.69, 9.17) is 4.74 Å². The van der Waals surface area contributed by atoms with E-state index >= 15 is 0 Å². The summed E-state index contributed by atoms with van der Waals surface area (Å²) in [5.41, 5.74) is 0.511. The molecule has 2 aliphatic heterocycles. The fourth-order valence-corrected chi connectivity index (χ4v) is 4.90. The van der Waals surface area contributed by atoms with Crippen LogP contribution in [0.15, 0.2) is 28.0 Å². The molecular formula is C19H21F2N3O2S. The van der Waals surface area contributed by atoms with Gasteiger partial charge in [0.05, 0.1) is 27.5 Å². The van der Waals surface area contributed by atoms with Gasteiger partial charge in [-0.25, -0.2) is 13.8 Å². The fraction of sp³-hybridized carbons (Fsp3) is 0.474. The van der Waals surface area contributed by atoms with Gasteiger partial charge in [0.15, 0.2) is 17.5 Å². The number of aliphatic imine (C=N–C) groups is 1. The van der Waals surface area contributed by atoms with Gasteiger partial charge in [-0.15, -0.1) is 0 Å². The summed E-state index contributed by atoms with van der Waals surface area (Å²) in [5.74, 6) is -1.24. The number of nitrogens with one attached hydrogen (secondary N) is 1. The summed E-state index contributed by atoms with van der Waals surface area (Å²) in [6, 6.07) is 3.84. The van der Waals surface area contributed by atoms with Crippen LogP contribution in [0.2, 0.25) is 0 Å². The molecule has 0 bridgehead atoms. The maximum Gasteiger partial charge on any atom is 0.271 e. The van der Waals surface area contributed by atoms with Gasteiger partial charge in [0.25, 0.3) is 5.56 Å². The molecule has 1 saturated heterocycles. The summed E-state index contributed by atoms with van der Waals surface area (Å²) < 4.78 is 34.7. The van der Waals surface area contributed by atoms with Crippen molar-refractivity contribution in [2.24, 2.45) is 4.99 Å². The molecule has 2 unspecified atom stereocenters. The molecule has 0 aliphatic carbocycles. The van der Waals surface area contributed by atoms with E-state index in [9.17, 15) is 13.6 Å². The third-order valence-corrected chi connectivity index (χ3v) is 6.21. The molecular weight excluding hydrogens is 372 g/mol. The molecule has 5 nitrogen and oxygen atoms in total. The van der Waals surface area contributed by atoms with Crippen molar-refractivity contribution in [3.8, 4) is 0 Å². The first-order valence-electron chi connectivity index (χ1n) is 8.90. The highest BCUT2D eigenvalue weighted by molar-refractivity contribution is 8.14. The van der Waals surface area contributed by atoms with Crippen LogP contribution in [-0.4, -0.2) is 27.0 Å². The van der Waals surface area contributed by atoms with Crippen LogP contribution in [0.1, 0.15) is 56.0 Å². The van der Waals surface area contributed by atoms with Gasteiger partial charge in [0.1, 0.15) is 0 Å². The van der Waals surface area contributed by atoms with E-state index in [-0.39, 0.29) is 17.2 Å². The standard InChI is InChI=1S/C19H21F2N3O2S/c1-10-22-17-15(16(27-10)11-4-5-13(20)14(21)8-11)18(25)23-24(17)12-6-7-26-19(2,3)9-12/h4-5,8,12,16H,6-7,9H2,1-3H3,(H,23,25). The van der Waals surface area contributed by atoms with E-state index < -0.39 is 16.9 Å². The molecule has 2 aromatic rings. The molecule has 144 valence electrons. The molecule has 1 aromatic carbocycles. The number of halogens is 2. The van der Waals surface area contributed by atoms with Gasteiger partial charge in [-0.3, -0.25) is 14.6 Å². The van der Waals surface area contributed by atoms with Crippen LogP contribution in [0.5, 0.6) is 0 Å². The summed E-state index contributed by atoms with van der Waals surface area (Å²) in [4.78, 5) is 17.4. The zero-order valence-corrected chi connectivity index (χ0v) is 16.2. The number of ether oxygens (including phenoxy) is 1. The Morgan fingerprint density at radius 1 is 1.33 bits per heavy atom. The van der Waals surface area contributed by atoms with Crippen molar-refractivity contribution < 1.29 is 13.5 Å². The first kappa shape index (κ1) is 18.4. The SMILES string of the molecule is CC1=Nc2c(c(=O)[nH]n2C2CCOC(C)(C)C2)C(c2ccc(F)c(F)c2)S1. The van der Waals surface area contributed by atoms with Crippen molar-refractivity contribution in [3.05, 3.63) is 51.3 Å². The van der Waals surface area contributed by atoms with Gasteiger partial charge in [-0.1, -0.05) is 17.8 Å². The van der Waals surface area contributed by atoms with E-state index in [0.29, 0.717) is 23.6 Å². The maximum atomic E-state index is 13.8. The summed E-state index contributed by atoms with van der Waals surface area (Å²) in [6.45, 7) is 6.52. The van der Waals surface area contributed by atoms with Crippen molar-refractivity contribution in [3.63, 3.8) is 0 Å². The number of hydrogen-bond acceptors (Lipinski definition) is 4. The molecule has 2 atom stereocenters. The second-order valence-electron chi connectivity index (χ2n) is 7.61. The minimum atomic E-state index is -0.920. The number of thioether (sulfide) groups is 1. The highest BCUT2D eigenvalue weighted by Gasteiger charge is 2.36. The van der Waals surface area contributed by atoms with Crippen molar-refractivity contribution in [1.29, 1.82) is 0 Å². The zero-order chi connectivity index (χ0) is 19.3. The van der Waals surface area contributed by atoms with Crippen LogP contribution in [0.25, 0.3) is 0 Å². The minimum absolute atomic E-state index is 0.0652. The molecule has 1 N–H and O–H groups in total. The first-order valence-corrected chi connectivity index (χ1v) is 9.78. The average Bonchev–Trinajstić information content (AvgIpc) is 2.92. The summed E-state index contributed by atoms with van der Waals surface area (Å²) in [7, 11) is 0. The smallest absolute Gasteiger partial charge is 0.271 e. The highest BCUT2D eigenvalue weighted by atomic mass is 32.2. The van der Waals surface area contributed by atoms with Crippen LogP contribution in [0.3, 0.4) is 0 Å². The topological polar surface area (TPSA) is 59.4 Å². The summed E-state index contributed by atoms with van der Waals surface area (Å²) in [5, 5.41) is 3.28. The highest BCUT2D eigenvalue weighted by Crippen LogP contribution is 2.45. The Bertz CT molecular complexity index is 980. The van der Waals surface area contributed by atoms with Crippen molar-refractivity contribution in [2.75, 3.05) is 6.61 Å². The van der Waals surface area contributed by atoms with Crippen LogP contribution in [-0.2, 0) is 4.74 Å². The van der Waals surface area contributed by atoms with Crippen molar-refractivity contribution in [1.82, 2.24) is 9.78 Å². The van der Waals surface area contributed by atoms with Crippen molar-refractivity contribution in [2.45, 2.75) is 50.5 Å². The number of hydrogen-bond donors (Lipinski definition) is 1. The van der Waals surface area contributed by atoms with Crippen molar-refractivity contribution >= 4 is 22.6 Å². The molecule has 4 rings (SSSR count). The van der Waals surface area contributed by atoms with Gasteiger partial charge in [0, 0.05) is 6.61 Å². The quantitative estimate of drug-likeness (QED) is 0.819. The lowest BCUT2D eigenvalue weighted by molar-refractivity contribution is -0.0705. The second-order valence-corrected chi connectivity index (χ2v) is 8.90. The van der Waals surface area contributed by atoms with Gasteiger partial charge in [0.2, 0.25) is 0 Å². The first-order chi connectivity index (χ1) is 12.7. The summed E-state index contributed by atoms with van der Waals surface area (Å²) in [6.07, 6.45) is 1.53. The van der Waals surface area contributed by atoms with Gasteiger partial charge in [-0.2, -0.15) is 0 Å². The molecule has 0 radical (unpaired) electrons. The largest absolute Gasteiger partial charge is 0.375 e. The van der Waals surface area contributed by atoms with Crippen LogP contribution >= 0.6 is 11.8 Å². The predicted octanol–water partition coefficient (Wildman–Crippen LogP) is 4.47. The molecule has 2 aliphatic rings. The van der Waals surface area contributed by atoms with E-state index in [1.807, 2.05) is 25.5 Å². The normalized spacial score (nSPS) is 24.4. The van der Waals surface area contributed by atoms with Crippen LogP contribution in [0, 0.1) is 11.6 Å². The van der Waals surface area contributed by atoms with Gasteiger partial charge in [-0.05, 0) is 51.3 Å². The Labute approximate surface area is 159 Å². The number of benzene rings is 1. The molecule has 27 heavy (non-hydrogen) atoms. The molecule has 3 heterocycles. The Hall–Kier alpha value is -1.93. The molecule has 8 heteroatoms. The van der Waals surface area contributed by atoms with E-state index in [1.54, 1.807) is 0 Å². The maximum absolute atomic E-state index is 13.8. The Morgan fingerprint density at radius 2 is 2.11 bits per heavy atom. The van der Waals surface area contributed by atoms with Crippen LogP contribution < -0.4 is 5.56 Å². The molecule has 0 amide bonds. The molecule has 1 fully saturated rings. The monoisotopic (exact) mass is 393 g/mol. The van der Waals surface area contributed by atoms with Gasteiger partial charge < -0.3 is 4.74 Å². The Kier molecular flexibility index (Phi) is 4.50. The average molecular weight is 393 g/mol. The lowest BCUT2D eigenvalue weighted by atomic mass is 9.94. The summed E-state index contributed by atoms with van der Waals surface area (Å²) >= 11 is 1.37. The van der Waals surface area contributed by atoms with E-state index in [1.165, 1.54) is 17.8 Å². The fourth-order valence-electron chi connectivity index (χ4n) is 3.80. The third kappa shape index (κ3) is 3.36. The van der Waals surface area contributed by atoms with E-state index in [0.717, 1.165) is 30.0 Å². The Morgan fingerprint density at radius 3 is 2.81 bits per heavy atom. The van der Waals surface area contributed by atoms with E-state index in [2.05, 4.69) is 10.1 Å². The number of aromatic nitrogens is 2. The number of rotatable bonds is 2. The minimum Gasteiger partial charge on any atom is -0.375 e. The molecule has 1 aromatic heterocycles. The second kappa shape index (κ2) is 6.60. The van der Waals surface area contributed by atoms with Gasteiger partial charge >= 0.3 is 0 Å². The Balaban J connectivity index is 1.80. The molecule has 0 spiro atoms. The predicted molar refractivity (Wildman–Crippen MR) is 102 cm³/mol. The van der Waals surface area contributed by atoms with Crippen LogP contribution in [0.4, 0.5) is 14.6 Å². The number of aromatic amines is 1. The number of H-pyrrole nitrogens is 1. The lowest BCUT2D eigenvalue weighted by Crippen LogP contribution is -2.35. The lowest BCUT2D eigenvalue weighted by Gasteiger charge is -2.36. The third-order valence-electron chi connectivity index (χ3n) is 5.03. The molecule has 0 saturated carbocycles. The number of fused-ring (bicyclic) bond motifs is 1.